The maximum absolute atomic E-state index is 13.0. The number of ether oxygens (including phenoxy) is 2. The largest absolute Gasteiger partial charge is 0.436 e. The van der Waals surface area contributed by atoms with Gasteiger partial charge in [0.05, 0.1) is 24.2 Å². The van der Waals surface area contributed by atoms with E-state index in [0.29, 0.717) is 42.8 Å². The zero-order valence-corrected chi connectivity index (χ0v) is 14.0. The standard InChI is InChI=1S/C20H17NO5/c22-17-15-8-4-5-9-16(15)25-19(21-10-12-24-13-11-21)18(17)26-20(23)14-6-2-1-3-7-14/h1-9H,10-13H2. The van der Waals surface area contributed by atoms with Crippen LogP contribution in [0.4, 0.5) is 5.88 Å². The summed E-state index contributed by atoms with van der Waals surface area (Å²) < 4.78 is 16.8. The number of rotatable bonds is 3. The van der Waals surface area contributed by atoms with Gasteiger partial charge in [-0.3, -0.25) is 4.79 Å². The molecule has 6 nitrogen and oxygen atoms in total. The van der Waals surface area contributed by atoms with Gasteiger partial charge in [0.1, 0.15) is 5.58 Å². The molecule has 0 bridgehead atoms. The van der Waals surface area contributed by atoms with Crippen molar-refractivity contribution in [2.24, 2.45) is 0 Å². The van der Waals surface area contributed by atoms with E-state index in [4.69, 9.17) is 13.9 Å². The summed E-state index contributed by atoms with van der Waals surface area (Å²) in [5.74, 6) is -0.413. The van der Waals surface area contributed by atoms with Gasteiger partial charge in [0.25, 0.3) is 0 Å². The van der Waals surface area contributed by atoms with Crippen LogP contribution in [0.15, 0.2) is 63.8 Å². The van der Waals surface area contributed by atoms with Crippen LogP contribution in [-0.4, -0.2) is 32.3 Å². The average Bonchev–Trinajstić information content (AvgIpc) is 2.71. The first kappa shape index (κ1) is 16.4. The lowest BCUT2D eigenvalue weighted by atomic mass is 10.2. The molecule has 0 saturated carbocycles. The molecule has 0 aliphatic carbocycles. The number of esters is 1. The van der Waals surface area contributed by atoms with Crippen molar-refractivity contribution in [1.29, 1.82) is 0 Å². The van der Waals surface area contributed by atoms with Gasteiger partial charge in [-0.2, -0.15) is 0 Å². The summed E-state index contributed by atoms with van der Waals surface area (Å²) in [5, 5.41) is 0.375. The van der Waals surface area contributed by atoms with E-state index in [1.165, 1.54) is 0 Å². The molecule has 1 aliphatic rings. The summed E-state index contributed by atoms with van der Waals surface area (Å²) >= 11 is 0. The SMILES string of the molecule is O=C(Oc1c(N2CCOCC2)oc2ccccc2c1=O)c1ccccc1. The van der Waals surface area contributed by atoms with E-state index in [1.807, 2.05) is 4.90 Å². The number of anilines is 1. The molecular weight excluding hydrogens is 334 g/mol. The Hall–Kier alpha value is -3.12. The fourth-order valence-electron chi connectivity index (χ4n) is 2.90. The van der Waals surface area contributed by atoms with Crippen LogP contribution in [-0.2, 0) is 4.74 Å². The summed E-state index contributed by atoms with van der Waals surface area (Å²) in [5.41, 5.74) is 0.462. The van der Waals surface area contributed by atoms with Crippen molar-refractivity contribution in [2.45, 2.75) is 0 Å². The highest BCUT2D eigenvalue weighted by atomic mass is 16.5. The van der Waals surface area contributed by atoms with Crippen LogP contribution in [0.2, 0.25) is 0 Å². The molecule has 0 atom stereocenters. The molecule has 132 valence electrons. The van der Waals surface area contributed by atoms with Crippen LogP contribution >= 0.6 is 0 Å². The third-order valence-corrected chi connectivity index (χ3v) is 4.24. The Bertz CT molecular complexity index is 990. The second kappa shape index (κ2) is 7.01. The number of carbonyl (C=O) groups excluding carboxylic acids is 1. The quantitative estimate of drug-likeness (QED) is 0.676. The van der Waals surface area contributed by atoms with Gasteiger partial charge in [0, 0.05) is 13.1 Å². The lowest BCUT2D eigenvalue weighted by molar-refractivity contribution is 0.0729. The number of fused-ring (bicyclic) bond motifs is 1. The Morgan fingerprint density at radius 2 is 1.65 bits per heavy atom. The monoisotopic (exact) mass is 351 g/mol. The minimum absolute atomic E-state index is 0.0838. The van der Waals surface area contributed by atoms with Gasteiger partial charge >= 0.3 is 5.97 Å². The van der Waals surface area contributed by atoms with Crippen LogP contribution in [0.1, 0.15) is 10.4 Å². The van der Waals surface area contributed by atoms with E-state index in [2.05, 4.69) is 0 Å². The molecule has 0 amide bonds. The Labute approximate surface area is 149 Å². The summed E-state index contributed by atoms with van der Waals surface area (Å²) in [4.78, 5) is 27.3. The molecule has 2 heterocycles. The molecule has 4 rings (SSSR count). The number of para-hydroxylation sites is 1. The zero-order valence-electron chi connectivity index (χ0n) is 14.0. The highest BCUT2D eigenvalue weighted by molar-refractivity contribution is 5.92. The number of benzene rings is 2. The van der Waals surface area contributed by atoms with Crippen molar-refractivity contribution >= 4 is 22.8 Å². The summed E-state index contributed by atoms with van der Waals surface area (Å²) in [7, 11) is 0. The Morgan fingerprint density at radius 3 is 2.42 bits per heavy atom. The fourth-order valence-corrected chi connectivity index (χ4v) is 2.90. The molecule has 1 saturated heterocycles. The first-order chi connectivity index (χ1) is 12.7. The van der Waals surface area contributed by atoms with Crippen LogP contribution < -0.4 is 15.1 Å². The Kier molecular flexibility index (Phi) is 4.41. The molecule has 26 heavy (non-hydrogen) atoms. The van der Waals surface area contributed by atoms with Crippen molar-refractivity contribution in [3.63, 3.8) is 0 Å². The predicted octanol–water partition coefficient (Wildman–Crippen LogP) is 2.85. The summed E-state index contributed by atoms with van der Waals surface area (Å²) in [6, 6.07) is 15.5. The smallest absolute Gasteiger partial charge is 0.343 e. The van der Waals surface area contributed by atoms with E-state index in [9.17, 15) is 9.59 Å². The van der Waals surface area contributed by atoms with E-state index in [0.717, 1.165) is 0 Å². The second-order valence-electron chi connectivity index (χ2n) is 5.92. The van der Waals surface area contributed by atoms with Crippen molar-refractivity contribution in [1.82, 2.24) is 0 Å². The van der Waals surface area contributed by atoms with Crippen molar-refractivity contribution in [3.05, 3.63) is 70.4 Å². The van der Waals surface area contributed by atoms with Gasteiger partial charge in [0.2, 0.25) is 17.1 Å². The van der Waals surface area contributed by atoms with Crippen molar-refractivity contribution < 1.29 is 18.7 Å². The minimum atomic E-state index is -0.595. The minimum Gasteiger partial charge on any atom is -0.436 e. The normalized spacial score (nSPS) is 14.4. The van der Waals surface area contributed by atoms with E-state index >= 15 is 0 Å². The Morgan fingerprint density at radius 1 is 0.962 bits per heavy atom. The Balaban J connectivity index is 1.81. The molecule has 1 fully saturated rings. The second-order valence-corrected chi connectivity index (χ2v) is 5.92. The zero-order chi connectivity index (χ0) is 17.9. The fraction of sp³-hybridized carbons (Fsp3) is 0.200. The van der Waals surface area contributed by atoms with Gasteiger partial charge in [-0.1, -0.05) is 30.3 Å². The maximum Gasteiger partial charge on any atom is 0.343 e. The molecule has 0 spiro atoms. The van der Waals surface area contributed by atoms with Gasteiger partial charge in [-0.15, -0.1) is 0 Å². The maximum atomic E-state index is 13.0. The number of nitrogens with zero attached hydrogens (tertiary/aromatic N) is 1. The van der Waals surface area contributed by atoms with Crippen molar-refractivity contribution in [2.75, 3.05) is 31.2 Å². The van der Waals surface area contributed by atoms with E-state index in [-0.39, 0.29) is 17.1 Å². The molecule has 1 aliphatic heterocycles. The van der Waals surface area contributed by atoms with Crippen LogP contribution in [0.3, 0.4) is 0 Å². The molecular formula is C20H17NO5. The first-order valence-electron chi connectivity index (χ1n) is 8.40. The molecule has 6 heteroatoms. The van der Waals surface area contributed by atoms with Gasteiger partial charge < -0.3 is 18.8 Å². The molecule has 2 aromatic carbocycles. The predicted molar refractivity (Wildman–Crippen MR) is 96.9 cm³/mol. The lowest BCUT2D eigenvalue weighted by Crippen LogP contribution is -2.37. The van der Waals surface area contributed by atoms with E-state index < -0.39 is 5.97 Å². The lowest BCUT2D eigenvalue weighted by Gasteiger charge is -2.28. The number of morpholine rings is 1. The summed E-state index contributed by atoms with van der Waals surface area (Å²) in [6.07, 6.45) is 0. The van der Waals surface area contributed by atoms with Crippen LogP contribution in [0, 0.1) is 0 Å². The van der Waals surface area contributed by atoms with Crippen molar-refractivity contribution in [3.8, 4) is 5.75 Å². The van der Waals surface area contributed by atoms with Gasteiger partial charge in [-0.25, -0.2) is 4.79 Å². The molecule has 0 N–H and O–H groups in total. The number of carbonyl (C=O) groups is 1. The molecule has 1 aromatic heterocycles. The molecule has 3 aromatic rings. The summed E-state index contributed by atoms with van der Waals surface area (Å²) in [6.45, 7) is 2.14. The number of hydrogen-bond acceptors (Lipinski definition) is 6. The number of hydrogen-bond donors (Lipinski definition) is 0. The molecule has 0 radical (unpaired) electrons. The van der Waals surface area contributed by atoms with Crippen LogP contribution in [0.25, 0.3) is 11.0 Å². The first-order valence-corrected chi connectivity index (χ1v) is 8.40. The molecule has 0 unspecified atom stereocenters. The topological polar surface area (TPSA) is 69.0 Å². The van der Waals surface area contributed by atoms with E-state index in [1.54, 1.807) is 54.6 Å². The third-order valence-electron chi connectivity index (χ3n) is 4.24. The van der Waals surface area contributed by atoms with Gasteiger partial charge in [-0.05, 0) is 24.3 Å². The highest BCUT2D eigenvalue weighted by Crippen LogP contribution is 2.30. The average molecular weight is 351 g/mol. The highest BCUT2D eigenvalue weighted by Gasteiger charge is 2.25. The third kappa shape index (κ3) is 3.07. The van der Waals surface area contributed by atoms with Gasteiger partial charge in [0.15, 0.2) is 0 Å². The van der Waals surface area contributed by atoms with Crippen LogP contribution in [0.5, 0.6) is 5.75 Å².